The van der Waals surface area contributed by atoms with Crippen molar-refractivity contribution in [1.82, 2.24) is 14.9 Å². The Morgan fingerprint density at radius 3 is 2.53 bits per heavy atom. The minimum atomic E-state index is -5.08. The summed E-state index contributed by atoms with van der Waals surface area (Å²) in [6, 6.07) is 5.49. The molecular formula is C22H21ClF6N4O5. The zero-order valence-electron chi connectivity index (χ0n) is 19.5. The van der Waals surface area contributed by atoms with Crippen LogP contribution in [0.3, 0.4) is 0 Å². The predicted octanol–water partition coefficient (Wildman–Crippen LogP) is 5.68. The molecule has 1 aliphatic rings. The third-order valence-corrected chi connectivity index (χ3v) is 5.52. The van der Waals surface area contributed by atoms with Gasteiger partial charge in [0.15, 0.2) is 5.58 Å². The molecule has 3 heterocycles. The summed E-state index contributed by atoms with van der Waals surface area (Å²) in [5, 5.41) is 20.5. The molecular weight excluding hydrogens is 550 g/mol. The molecule has 0 unspecified atom stereocenters. The van der Waals surface area contributed by atoms with Crippen LogP contribution < -0.4 is 10.1 Å². The molecule has 0 radical (unpaired) electrons. The van der Waals surface area contributed by atoms with Gasteiger partial charge in [-0.2, -0.15) is 18.2 Å². The van der Waals surface area contributed by atoms with Crippen molar-refractivity contribution in [2.45, 2.75) is 38.3 Å². The van der Waals surface area contributed by atoms with Gasteiger partial charge in [0.05, 0.1) is 11.3 Å². The van der Waals surface area contributed by atoms with Crippen molar-refractivity contribution in [2.75, 3.05) is 25.0 Å². The molecule has 38 heavy (non-hydrogen) atoms. The molecule has 1 saturated heterocycles. The van der Waals surface area contributed by atoms with E-state index >= 15 is 0 Å². The van der Waals surface area contributed by atoms with Crippen molar-refractivity contribution in [1.29, 1.82) is 0 Å². The van der Waals surface area contributed by atoms with Crippen LogP contribution in [0, 0.1) is 0 Å². The van der Waals surface area contributed by atoms with Crippen LogP contribution in [0.1, 0.15) is 19.8 Å². The molecule has 1 atom stereocenters. The van der Waals surface area contributed by atoms with E-state index in [0.717, 1.165) is 44.6 Å². The summed E-state index contributed by atoms with van der Waals surface area (Å²) in [6.45, 7) is 4.99. The summed E-state index contributed by atoms with van der Waals surface area (Å²) < 4.78 is 79.9. The van der Waals surface area contributed by atoms with Crippen LogP contribution in [0.2, 0.25) is 5.02 Å². The predicted molar refractivity (Wildman–Crippen MR) is 123 cm³/mol. The zero-order valence-corrected chi connectivity index (χ0v) is 20.3. The van der Waals surface area contributed by atoms with Gasteiger partial charge >= 0.3 is 18.5 Å². The third-order valence-electron chi connectivity index (χ3n) is 5.30. The fourth-order valence-corrected chi connectivity index (χ4v) is 3.89. The van der Waals surface area contributed by atoms with Gasteiger partial charge in [-0.25, -0.2) is 9.78 Å². The number of fused-ring (bicyclic) bond motifs is 1. The van der Waals surface area contributed by atoms with E-state index in [4.69, 9.17) is 25.9 Å². The molecule has 0 bridgehead atoms. The normalized spacial score (nSPS) is 16.6. The number of phenolic OH excluding ortho intramolecular Hbond substituents is 1. The molecule has 9 nitrogen and oxygen atoms in total. The first-order chi connectivity index (χ1) is 17.7. The molecule has 1 aromatic carbocycles. The number of alkyl halides is 6. The second-order valence-corrected chi connectivity index (χ2v) is 8.50. The lowest BCUT2D eigenvalue weighted by molar-refractivity contribution is -0.274. The number of nitrogens with one attached hydrogen (secondary N) is 1. The number of nitrogens with zero attached hydrogens (tertiary/aromatic N) is 3. The molecule has 0 amide bonds. The number of halogens is 7. The van der Waals surface area contributed by atoms with Crippen LogP contribution in [0.5, 0.6) is 11.5 Å². The second-order valence-electron chi connectivity index (χ2n) is 8.06. The van der Waals surface area contributed by atoms with Crippen LogP contribution in [-0.4, -0.2) is 69.3 Å². The first kappa shape index (κ1) is 29.1. The molecule has 208 valence electrons. The molecule has 2 aromatic heterocycles. The number of carbonyl (C=O) groups is 1. The number of rotatable bonds is 5. The number of likely N-dealkylation sites (N-methyl/N-ethyl adjacent to an activating group) is 1. The van der Waals surface area contributed by atoms with E-state index in [-0.39, 0.29) is 34.0 Å². The van der Waals surface area contributed by atoms with Gasteiger partial charge in [-0.3, -0.25) is 0 Å². The molecule has 0 spiro atoms. The van der Waals surface area contributed by atoms with E-state index in [0.29, 0.717) is 5.58 Å². The van der Waals surface area contributed by atoms with Crippen molar-refractivity contribution >= 4 is 34.8 Å². The maximum atomic E-state index is 12.8. The number of hydrogen-bond donors (Lipinski definition) is 3. The van der Waals surface area contributed by atoms with E-state index in [9.17, 15) is 31.4 Å². The molecule has 1 aliphatic heterocycles. The van der Waals surface area contributed by atoms with Crippen LogP contribution in [0.25, 0.3) is 22.5 Å². The number of benzene rings is 1. The lowest BCUT2D eigenvalue weighted by Gasteiger charge is -2.31. The van der Waals surface area contributed by atoms with Gasteiger partial charge < -0.3 is 29.6 Å². The lowest BCUT2D eigenvalue weighted by atomic mass is 10.1. The summed E-state index contributed by atoms with van der Waals surface area (Å²) >= 11 is 5.78. The number of pyridine rings is 1. The lowest BCUT2D eigenvalue weighted by Crippen LogP contribution is -2.41. The first-order valence-electron chi connectivity index (χ1n) is 11.0. The van der Waals surface area contributed by atoms with Gasteiger partial charge in [0.25, 0.3) is 6.01 Å². The Morgan fingerprint density at radius 2 is 1.92 bits per heavy atom. The van der Waals surface area contributed by atoms with Gasteiger partial charge in [-0.1, -0.05) is 18.5 Å². The van der Waals surface area contributed by atoms with Crippen molar-refractivity contribution in [2.24, 2.45) is 0 Å². The van der Waals surface area contributed by atoms with Crippen molar-refractivity contribution in [3.8, 4) is 22.8 Å². The summed E-state index contributed by atoms with van der Waals surface area (Å²) in [7, 11) is 0. The van der Waals surface area contributed by atoms with Crippen LogP contribution in [0.4, 0.5) is 32.4 Å². The van der Waals surface area contributed by atoms with Crippen molar-refractivity contribution in [3.63, 3.8) is 0 Å². The highest BCUT2D eigenvalue weighted by Crippen LogP contribution is 2.42. The first-order valence-corrected chi connectivity index (χ1v) is 11.4. The summed E-state index contributed by atoms with van der Waals surface area (Å²) in [4.78, 5) is 19.8. The van der Waals surface area contributed by atoms with E-state index in [1.165, 1.54) is 12.1 Å². The van der Waals surface area contributed by atoms with Crippen LogP contribution >= 0.6 is 11.6 Å². The highest BCUT2D eigenvalue weighted by Gasteiger charge is 2.38. The Kier molecular flexibility index (Phi) is 8.82. The summed E-state index contributed by atoms with van der Waals surface area (Å²) in [5.41, 5.74) is 0.346. The molecule has 0 aliphatic carbocycles. The van der Waals surface area contributed by atoms with Crippen molar-refractivity contribution in [3.05, 3.63) is 29.3 Å². The van der Waals surface area contributed by atoms with Gasteiger partial charge in [0.1, 0.15) is 11.5 Å². The maximum Gasteiger partial charge on any atom is 0.573 e. The topological polar surface area (TPSA) is 121 Å². The minimum Gasteiger partial charge on any atom is -0.507 e. The number of aromatic hydroxyl groups is 1. The molecule has 3 N–H and O–H groups in total. The van der Waals surface area contributed by atoms with Gasteiger partial charge in [0, 0.05) is 23.7 Å². The average Bonchev–Trinajstić information content (AvgIpc) is 3.19. The van der Waals surface area contributed by atoms with Crippen molar-refractivity contribution < 1.29 is 50.5 Å². The van der Waals surface area contributed by atoms with Gasteiger partial charge in [-0.05, 0) is 44.1 Å². The molecule has 1 fully saturated rings. The van der Waals surface area contributed by atoms with E-state index < -0.39 is 30.0 Å². The zero-order chi connectivity index (χ0) is 28.3. The van der Waals surface area contributed by atoms with Crippen LogP contribution in [-0.2, 0) is 4.79 Å². The molecule has 4 rings (SSSR count). The number of aromatic nitrogens is 2. The van der Waals surface area contributed by atoms with Gasteiger partial charge in [0.2, 0.25) is 5.65 Å². The number of anilines is 1. The largest absolute Gasteiger partial charge is 0.573 e. The second kappa shape index (κ2) is 11.5. The fourth-order valence-electron chi connectivity index (χ4n) is 3.69. The number of carboxylic acid groups (broad SMARTS) is 1. The molecule has 16 heteroatoms. The number of likely N-dealkylation sites (tertiary alicyclic amines) is 1. The minimum absolute atomic E-state index is 0.0376. The highest BCUT2D eigenvalue weighted by atomic mass is 35.5. The number of piperidine rings is 1. The average molecular weight is 571 g/mol. The smallest absolute Gasteiger partial charge is 0.507 e. The molecule has 3 aromatic rings. The number of aliphatic carboxylic acids is 1. The highest BCUT2D eigenvalue weighted by molar-refractivity contribution is 6.31. The fraction of sp³-hybridized carbons (Fsp3) is 0.409. The number of hydrogen-bond acceptors (Lipinski definition) is 8. The van der Waals surface area contributed by atoms with E-state index in [2.05, 4.69) is 31.8 Å². The number of ether oxygens (including phenoxy) is 1. The summed E-state index contributed by atoms with van der Waals surface area (Å²) in [6.07, 6.45) is -8.01. The summed E-state index contributed by atoms with van der Waals surface area (Å²) in [5.74, 6) is -3.91. The Bertz CT molecular complexity index is 1280. The number of phenols is 1. The standard InChI is InChI=1S/C20H20ClF3N4O3.C2HF3O2/c1-2-28-7-3-4-12(10-28)25-19-27-18-15(30-19)6-5-13(26-18)17-14(29)8-11(21)9-16(17)31-20(22,23)24;3-2(4,5)1(6)7/h5-6,8-9,12,29H,2-4,7,10H2,1H3,(H,25,26,27);(H,6,7)/t12-;/m1./s1. The van der Waals surface area contributed by atoms with Crippen LogP contribution in [0.15, 0.2) is 28.7 Å². The molecule has 0 saturated carbocycles. The monoisotopic (exact) mass is 570 g/mol. The Labute approximate surface area is 216 Å². The van der Waals surface area contributed by atoms with E-state index in [1.54, 1.807) is 0 Å². The third kappa shape index (κ3) is 7.77. The number of oxazole rings is 1. The Hall–Kier alpha value is -3.46. The SMILES string of the molecule is CCN1CCC[C@@H](Nc2nc3nc(-c4c(O)cc(Cl)cc4OC(F)(F)F)ccc3o2)C1.O=C(O)C(F)(F)F. The van der Waals surface area contributed by atoms with E-state index in [1.807, 2.05) is 0 Å². The Morgan fingerprint density at radius 1 is 1.24 bits per heavy atom. The van der Waals surface area contributed by atoms with Gasteiger partial charge in [-0.15, -0.1) is 13.2 Å². The quantitative estimate of drug-likeness (QED) is 0.333. The number of carboxylic acids is 1. The Balaban J connectivity index is 0.000000505. The maximum absolute atomic E-state index is 12.8.